The second-order valence-electron chi connectivity index (χ2n) is 4.74. The molecule has 0 radical (unpaired) electrons. The van der Waals surface area contributed by atoms with Gasteiger partial charge in [0.25, 0.3) is 0 Å². The van der Waals surface area contributed by atoms with Crippen molar-refractivity contribution >= 4 is 5.97 Å². The van der Waals surface area contributed by atoms with E-state index in [1.165, 1.54) is 24.8 Å². The highest BCUT2D eigenvalue weighted by Crippen LogP contribution is 2.36. The maximum absolute atomic E-state index is 11.7. The first kappa shape index (κ1) is 12.2. The molecule has 1 fully saturated rings. The third kappa shape index (κ3) is 3.09. The van der Waals surface area contributed by atoms with Crippen molar-refractivity contribution in [2.24, 2.45) is 0 Å². The van der Waals surface area contributed by atoms with Gasteiger partial charge in [0.05, 0.1) is 12.2 Å². The average Bonchev–Trinajstić information content (AvgIpc) is 2.28. The molecule has 2 heteroatoms. The molecule has 0 atom stereocenters. The Kier molecular flexibility index (Phi) is 4.18. The fourth-order valence-electron chi connectivity index (χ4n) is 2.03. The number of carbonyl (C=O) groups is 1. The molecule has 1 aliphatic carbocycles. The van der Waals surface area contributed by atoms with Crippen LogP contribution in [-0.2, 0) is 4.74 Å². The highest BCUT2D eigenvalue weighted by Gasteiger charge is 2.19. The van der Waals surface area contributed by atoms with Gasteiger partial charge in [-0.3, -0.25) is 0 Å². The van der Waals surface area contributed by atoms with Crippen LogP contribution in [0.2, 0.25) is 0 Å². The van der Waals surface area contributed by atoms with Crippen molar-refractivity contribution in [2.75, 3.05) is 6.61 Å². The quantitative estimate of drug-likeness (QED) is 0.568. The smallest absolute Gasteiger partial charge is 0.338 e. The topological polar surface area (TPSA) is 26.3 Å². The van der Waals surface area contributed by atoms with E-state index in [1.807, 2.05) is 12.1 Å². The van der Waals surface area contributed by atoms with Gasteiger partial charge in [-0.15, -0.1) is 0 Å². The lowest BCUT2D eigenvalue weighted by molar-refractivity contribution is 0.0499. The molecule has 0 amide bonds. The van der Waals surface area contributed by atoms with Crippen molar-refractivity contribution < 1.29 is 9.53 Å². The second-order valence-corrected chi connectivity index (χ2v) is 4.74. The Balaban J connectivity index is 1.90. The van der Waals surface area contributed by atoms with Crippen LogP contribution in [0.3, 0.4) is 0 Å². The molecule has 1 aliphatic rings. The summed E-state index contributed by atoms with van der Waals surface area (Å²) in [6, 6.07) is 7.92. The maximum Gasteiger partial charge on any atom is 0.338 e. The molecule has 0 aromatic heterocycles. The number of hydrogen-bond acceptors (Lipinski definition) is 2. The minimum Gasteiger partial charge on any atom is -0.462 e. The molecule has 0 spiro atoms. The van der Waals surface area contributed by atoms with Crippen LogP contribution in [-0.4, -0.2) is 12.6 Å². The predicted octanol–water partition coefficient (Wildman–Crippen LogP) is 3.91. The Morgan fingerprint density at radius 1 is 1.29 bits per heavy atom. The SMILES string of the molecule is CCCCOC(=O)c1ccc(C2CCC2)cc1. The van der Waals surface area contributed by atoms with E-state index in [2.05, 4.69) is 19.1 Å². The lowest BCUT2D eigenvalue weighted by atomic mass is 9.80. The van der Waals surface area contributed by atoms with Gasteiger partial charge in [-0.25, -0.2) is 4.79 Å². The largest absolute Gasteiger partial charge is 0.462 e. The highest BCUT2D eigenvalue weighted by atomic mass is 16.5. The number of rotatable bonds is 5. The monoisotopic (exact) mass is 232 g/mol. The first-order chi connectivity index (χ1) is 8.31. The second kappa shape index (κ2) is 5.85. The van der Waals surface area contributed by atoms with Crippen LogP contribution in [0, 0.1) is 0 Å². The van der Waals surface area contributed by atoms with Crippen LogP contribution in [0.4, 0.5) is 0 Å². The Hall–Kier alpha value is -1.31. The molecule has 0 N–H and O–H groups in total. The Morgan fingerprint density at radius 3 is 2.53 bits per heavy atom. The summed E-state index contributed by atoms with van der Waals surface area (Å²) in [4.78, 5) is 11.7. The summed E-state index contributed by atoms with van der Waals surface area (Å²) < 4.78 is 5.17. The van der Waals surface area contributed by atoms with Gasteiger partial charge in [-0.1, -0.05) is 31.9 Å². The highest BCUT2D eigenvalue weighted by molar-refractivity contribution is 5.89. The van der Waals surface area contributed by atoms with Crippen molar-refractivity contribution in [1.29, 1.82) is 0 Å². The van der Waals surface area contributed by atoms with Gasteiger partial charge in [0, 0.05) is 0 Å². The fraction of sp³-hybridized carbons (Fsp3) is 0.533. The van der Waals surface area contributed by atoms with Crippen molar-refractivity contribution in [3.05, 3.63) is 35.4 Å². The summed E-state index contributed by atoms with van der Waals surface area (Å²) in [7, 11) is 0. The number of carbonyl (C=O) groups excluding carboxylic acids is 1. The van der Waals surface area contributed by atoms with E-state index in [0.717, 1.165) is 18.8 Å². The zero-order valence-corrected chi connectivity index (χ0v) is 10.4. The van der Waals surface area contributed by atoms with Crippen molar-refractivity contribution in [1.82, 2.24) is 0 Å². The van der Waals surface area contributed by atoms with Gasteiger partial charge in [0.2, 0.25) is 0 Å². The van der Waals surface area contributed by atoms with Crippen molar-refractivity contribution in [3.8, 4) is 0 Å². The zero-order chi connectivity index (χ0) is 12.1. The molecule has 0 bridgehead atoms. The molecule has 0 saturated heterocycles. The summed E-state index contributed by atoms with van der Waals surface area (Å²) >= 11 is 0. The van der Waals surface area contributed by atoms with Crippen LogP contribution in [0.5, 0.6) is 0 Å². The zero-order valence-electron chi connectivity index (χ0n) is 10.4. The normalized spacial score (nSPS) is 15.4. The van der Waals surface area contributed by atoms with Gasteiger partial charge >= 0.3 is 5.97 Å². The molecule has 0 aliphatic heterocycles. The van der Waals surface area contributed by atoms with E-state index in [4.69, 9.17) is 4.74 Å². The van der Waals surface area contributed by atoms with E-state index >= 15 is 0 Å². The van der Waals surface area contributed by atoms with E-state index < -0.39 is 0 Å². The molecule has 2 nitrogen and oxygen atoms in total. The molecule has 1 saturated carbocycles. The minimum absolute atomic E-state index is 0.196. The van der Waals surface area contributed by atoms with E-state index in [-0.39, 0.29) is 5.97 Å². The third-order valence-corrected chi connectivity index (χ3v) is 3.45. The van der Waals surface area contributed by atoms with Gasteiger partial charge in [0.15, 0.2) is 0 Å². The minimum atomic E-state index is -0.196. The van der Waals surface area contributed by atoms with Crippen molar-refractivity contribution in [2.45, 2.75) is 44.9 Å². The Bertz CT molecular complexity index is 363. The first-order valence-electron chi connectivity index (χ1n) is 6.58. The molecule has 1 aromatic rings. The molecule has 2 rings (SSSR count). The Labute approximate surface area is 103 Å². The summed E-state index contributed by atoms with van der Waals surface area (Å²) in [6.07, 6.45) is 5.91. The average molecular weight is 232 g/mol. The van der Waals surface area contributed by atoms with Crippen LogP contribution in [0.1, 0.15) is 60.9 Å². The molecule has 17 heavy (non-hydrogen) atoms. The van der Waals surface area contributed by atoms with Crippen molar-refractivity contribution in [3.63, 3.8) is 0 Å². The van der Waals surface area contributed by atoms with Crippen LogP contribution < -0.4 is 0 Å². The standard InChI is InChI=1S/C15H20O2/c1-2-3-11-17-15(16)14-9-7-13(8-10-14)12-5-4-6-12/h7-10,12H,2-6,11H2,1H3. The molecule has 1 aromatic carbocycles. The lowest BCUT2D eigenvalue weighted by Crippen LogP contribution is -2.10. The number of benzene rings is 1. The third-order valence-electron chi connectivity index (χ3n) is 3.45. The molecular weight excluding hydrogens is 212 g/mol. The molecular formula is C15H20O2. The summed E-state index contributed by atoms with van der Waals surface area (Å²) in [5.41, 5.74) is 2.03. The van der Waals surface area contributed by atoms with Gasteiger partial charge < -0.3 is 4.74 Å². The van der Waals surface area contributed by atoms with Gasteiger partial charge in [-0.2, -0.15) is 0 Å². The molecule has 0 heterocycles. The number of ether oxygens (including phenoxy) is 1. The van der Waals surface area contributed by atoms with E-state index in [0.29, 0.717) is 12.2 Å². The fourth-order valence-corrected chi connectivity index (χ4v) is 2.03. The summed E-state index contributed by atoms with van der Waals surface area (Å²) in [5.74, 6) is 0.527. The van der Waals surface area contributed by atoms with Gasteiger partial charge in [0.1, 0.15) is 0 Å². The van der Waals surface area contributed by atoms with Gasteiger partial charge in [-0.05, 0) is 42.9 Å². The van der Waals surface area contributed by atoms with Crippen LogP contribution in [0.15, 0.2) is 24.3 Å². The number of hydrogen-bond donors (Lipinski definition) is 0. The molecule has 92 valence electrons. The van der Waals surface area contributed by atoms with E-state index in [1.54, 1.807) is 0 Å². The number of esters is 1. The van der Waals surface area contributed by atoms with E-state index in [9.17, 15) is 4.79 Å². The van der Waals surface area contributed by atoms with Crippen LogP contribution in [0.25, 0.3) is 0 Å². The Morgan fingerprint density at radius 2 is 2.00 bits per heavy atom. The summed E-state index contributed by atoms with van der Waals surface area (Å²) in [5, 5.41) is 0. The maximum atomic E-state index is 11.7. The lowest BCUT2D eigenvalue weighted by Gasteiger charge is -2.25. The van der Waals surface area contributed by atoms with Crippen LogP contribution >= 0.6 is 0 Å². The summed E-state index contributed by atoms with van der Waals surface area (Å²) in [6.45, 7) is 2.61. The number of unbranched alkanes of at least 4 members (excludes halogenated alkanes) is 1. The predicted molar refractivity (Wildman–Crippen MR) is 68.2 cm³/mol. The molecule has 0 unspecified atom stereocenters. The first-order valence-corrected chi connectivity index (χ1v) is 6.58.